The molecule has 0 aliphatic rings. The third-order valence-corrected chi connectivity index (χ3v) is 2.15. The molecule has 0 fully saturated rings. The second-order valence-electron chi connectivity index (χ2n) is 2.11. The van der Waals surface area contributed by atoms with Crippen LogP contribution in [0, 0.1) is 0 Å². The van der Waals surface area contributed by atoms with Gasteiger partial charge in [0.25, 0.3) is 0 Å². The van der Waals surface area contributed by atoms with E-state index >= 15 is 0 Å². The first kappa shape index (κ1) is 8.41. The van der Waals surface area contributed by atoms with Crippen LogP contribution in [0.1, 0.15) is 6.92 Å². The van der Waals surface area contributed by atoms with Crippen molar-refractivity contribution >= 4 is 19.7 Å². The molecule has 4 heteroatoms. The predicted octanol–water partition coefficient (Wildman–Crippen LogP) is 0.842. The second-order valence-corrected chi connectivity index (χ2v) is 3.19. The molecule has 1 N–H and O–H groups in total. The number of aromatic nitrogens is 2. The molecule has 0 saturated heterocycles. The van der Waals surface area contributed by atoms with Gasteiger partial charge in [-0.3, -0.25) is 0 Å². The second kappa shape index (κ2) is 4.24. The summed E-state index contributed by atoms with van der Waals surface area (Å²) in [6.07, 6.45) is 1.80. The van der Waals surface area contributed by atoms with Gasteiger partial charge < -0.3 is 5.32 Å². The molecule has 1 atom stereocenters. The molecular weight excluding hydrogens is 157 g/mol. The summed E-state index contributed by atoms with van der Waals surface area (Å²) in [5.74, 6) is 0.874. The predicted molar refractivity (Wildman–Crippen MR) is 50.1 cm³/mol. The normalized spacial score (nSPS) is 10.7. The van der Waals surface area contributed by atoms with Crippen LogP contribution in [-0.4, -0.2) is 23.4 Å². The number of hydrogen-bond donors (Lipinski definition) is 1. The highest BCUT2D eigenvalue weighted by Gasteiger charge is 1.93. The van der Waals surface area contributed by atoms with Crippen LogP contribution in [0.3, 0.4) is 0 Å². The monoisotopic (exact) mass is 169 g/mol. The van der Waals surface area contributed by atoms with Crippen LogP contribution in [-0.2, 0) is 0 Å². The smallest absolute Gasteiger partial charge is 0.149 e. The Morgan fingerprint density at radius 2 is 2.45 bits per heavy atom. The van der Waals surface area contributed by atoms with Crippen LogP contribution in [0.25, 0.3) is 0 Å². The molecular formula is C7H12N3P. The average molecular weight is 169 g/mol. The van der Waals surface area contributed by atoms with E-state index in [1.54, 1.807) is 6.20 Å². The van der Waals surface area contributed by atoms with Gasteiger partial charge in [-0.2, -0.15) is 5.10 Å². The van der Waals surface area contributed by atoms with Gasteiger partial charge in [0, 0.05) is 6.54 Å². The molecule has 0 spiro atoms. The maximum Gasteiger partial charge on any atom is 0.149 e. The molecule has 60 valence electrons. The fraction of sp³-hybridized carbons (Fsp3) is 0.429. The molecule has 0 amide bonds. The largest absolute Gasteiger partial charge is 0.369 e. The summed E-state index contributed by atoms with van der Waals surface area (Å²) in [5, 5.41) is 12.1. The van der Waals surface area contributed by atoms with Gasteiger partial charge in [-0.25, -0.2) is 0 Å². The van der Waals surface area contributed by atoms with E-state index in [-0.39, 0.29) is 0 Å². The first-order chi connectivity index (χ1) is 5.36. The lowest BCUT2D eigenvalue weighted by Crippen LogP contribution is -2.05. The van der Waals surface area contributed by atoms with E-state index in [0.717, 1.165) is 20.9 Å². The Labute approximate surface area is 68.4 Å². The number of rotatable bonds is 3. The Morgan fingerprint density at radius 1 is 1.64 bits per heavy atom. The van der Waals surface area contributed by atoms with Crippen LogP contribution < -0.4 is 10.6 Å². The van der Waals surface area contributed by atoms with Crippen molar-refractivity contribution in [3.8, 4) is 0 Å². The van der Waals surface area contributed by atoms with E-state index < -0.39 is 0 Å². The molecule has 0 radical (unpaired) electrons. The van der Waals surface area contributed by atoms with Crippen molar-refractivity contribution in [2.45, 2.75) is 6.92 Å². The molecule has 11 heavy (non-hydrogen) atoms. The summed E-state index contributed by atoms with van der Waals surface area (Å²) >= 11 is 0. The van der Waals surface area contributed by atoms with Gasteiger partial charge in [0.05, 0.1) is 6.20 Å². The molecule has 1 rings (SSSR count). The van der Waals surface area contributed by atoms with Crippen LogP contribution in [0.5, 0.6) is 0 Å². The number of hydrogen-bond acceptors (Lipinski definition) is 3. The van der Waals surface area contributed by atoms with E-state index in [4.69, 9.17) is 0 Å². The number of nitrogens with one attached hydrogen (secondary N) is 1. The third-order valence-electron chi connectivity index (χ3n) is 1.30. The van der Waals surface area contributed by atoms with E-state index in [9.17, 15) is 0 Å². The van der Waals surface area contributed by atoms with Crippen LogP contribution in [0.2, 0.25) is 0 Å². The summed E-state index contributed by atoms with van der Waals surface area (Å²) in [4.78, 5) is 0. The molecule has 1 aromatic rings. The van der Waals surface area contributed by atoms with Gasteiger partial charge in [0.1, 0.15) is 5.82 Å². The molecule has 0 bridgehead atoms. The Balaban J connectivity index is 2.74. The molecule has 1 heterocycles. The maximum absolute atomic E-state index is 3.92. The van der Waals surface area contributed by atoms with Gasteiger partial charge >= 0.3 is 0 Å². The number of anilines is 1. The molecule has 1 unspecified atom stereocenters. The Hall–Kier alpha value is -0.690. The molecule has 1 aromatic heterocycles. The topological polar surface area (TPSA) is 37.8 Å². The van der Waals surface area contributed by atoms with Crippen molar-refractivity contribution in [1.29, 1.82) is 0 Å². The van der Waals surface area contributed by atoms with E-state index in [2.05, 4.69) is 22.2 Å². The summed E-state index contributed by atoms with van der Waals surface area (Å²) in [7, 11) is 0.788. The third kappa shape index (κ3) is 2.43. The minimum absolute atomic E-state index is 0.788. The Kier molecular flexibility index (Phi) is 3.24. The van der Waals surface area contributed by atoms with Crippen molar-refractivity contribution in [2.24, 2.45) is 0 Å². The zero-order chi connectivity index (χ0) is 8.10. The summed E-state index contributed by atoms with van der Waals surface area (Å²) in [6, 6.07) is 2.04. The van der Waals surface area contributed by atoms with Crippen molar-refractivity contribution < 1.29 is 0 Å². The van der Waals surface area contributed by atoms with E-state index in [1.165, 1.54) is 5.30 Å². The van der Waals surface area contributed by atoms with E-state index in [0.29, 0.717) is 0 Å². The molecule has 0 saturated carbocycles. The first-order valence-corrected chi connectivity index (χ1v) is 5.11. The van der Waals surface area contributed by atoms with Gasteiger partial charge in [0.2, 0.25) is 0 Å². The Morgan fingerprint density at radius 3 is 3.09 bits per heavy atom. The first-order valence-electron chi connectivity index (χ1n) is 3.61. The number of nitrogens with zero attached hydrogens (tertiary/aromatic N) is 2. The minimum atomic E-state index is 0.788. The summed E-state index contributed by atoms with van der Waals surface area (Å²) in [5.41, 5.74) is 0. The molecule has 0 aliphatic heterocycles. The highest BCUT2D eigenvalue weighted by molar-refractivity contribution is 7.46. The average Bonchev–Trinajstić information content (AvgIpc) is 2.06. The van der Waals surface area contributed by atoms with Crippen molar-refractivity contribution in [2.75, 3.05) is 18.5 Å². The lowest BCUT2D eigenvalue weighted by molar-refractivity contribution is 1.02. The standard InChI is InChI=1S/C7H12N3P/c1-3-8-7-4-6(11-2)5-9-10-7/h4-5,11H,3H2,1-2H3,(H,8,10). The van der Waals surface area contributed by atoms with Crippen molar-refractivity contribution in [3.63, 3.8) is 0 Å². The molecule has 0 aliphatic carbocycles. The maximum atomic E-state index is 3.92. The van der Waals surface area contributed by atoms with Gasteiger partial charge in [0.15, 0.2) is 0 Å². The van der Waals surface area contributed by atoms with Gasteiger partial charge in [-0.05, 0) is 25.0 Å². The zero-order valence-electron chi connectivity index (χ0n) is 6.76. The minimum Gasteiger partial charge on any atom is -0.369 e. The van der Waals surface area contributed by atoms with Gasteiger partial charge in [-0.1, -0.05) is 8.58 Å². The fourth-order valence-electron chi connectivity index (χ4n) is 0.771. The SMILES string of the molecule is CCNc1cc(PC)cnn1. The van der Waals surface area contributed by atoms with Crippen LogP contribution in [0.4, 0.5) is 5.82 Å². The zero-order valence-corrected chi connectivity index (χ0v) is 7.76. The summed E-state index contributed by atoms with van der Waals surface area (Å²) < 4.78 is 0. The van der Waals surface area contributed by atoms with Crippen molar-refractivity contribution in [1.82, 2.24) is 10.2 Å². The lowest BCUT2D eigenvalue weighted by atomic mass is 10.5. The fourth-order valence-corrected chi connectivity index (χ4v) is 1.24. The molecule has 0 aromatic carbocycles. The quantitative estimate of drug-likeness (QED) is 0.681. The van der Waals surface area contributed by atoms with Gasteiger partial charge in [-0.15, -0.1) is 5.10 Å². The highest BCUT2D eigenvalue weighted by atomic mass is 31.1. The lowest BCUT2D eigenvalue weighted by Gasteiger charge is -2.01. The van der Waals surface area contributed by atoms with Crippen LogP contribution in [0.15, 0.2) is 12.3 Å². The van der Waals surface area contributed by atoms with E-state index in [1.807, 2.05) is 13.0 Å². The van der Waals surface area contributed by atoms with Crippen LogP contribution >= 0.6 is 8.58 Å². The summed E-state index contributed by atoms with van der Waals surface area (Å²) in [6.45, 7) is 5.07. The highest BCUT2D eigenvalue weighted by Crippen LogP contribution is 2.05. The van der Waals surface area contributed by atoms with Crippen molar-refractivity contribution in [3.05, 3.63) is 12.3 Å². The molecule has 3 nitrogen and oxygen atoms in total. The Bertz CT molecular complexity index is 227.